The molecule has 3 heteroatoms. The molecule has 0 spiro atoms. The summed E-state index contributed by atoms with van der Waals surface area (Å²) in [6.07, 6.45) is 13.3. The van der Waals surface area contributed by atoms with Crippen LogP contribution in [0.4, 0.5) is 5.69 Å². The number of fused-ring (bicyclic) bond motifs is 6. The molecule has 2 heterocycles. The molecule has 0 aliphatic carbocycles. The minimum atomic E-state index is 0.452. The van der Waals surface area contributed by atoms with Crippen molar-refractivity contribution in [2.75, 3.05) is 11.9 Å². The maximum absolute atomic E-state index is 5.48. The van der Waals surface area contributed by atoms with Gasteiger partial charge in [-0.25, -0.2) is 0 Å². The van der Waals surface area contributed by atoms with Crippen LogP contribution in [-0.2, 0) is 6.42 Å². The summed E-state index contributed by atoms with van der Waals surface area (Å²) in [6, 6.07) is 66.0. The Labute approximate surface area is 401 Å². The second-order valence-corrected chi connectivity index (χ2v) is 18.1. The van der Waals surface area contributed by atoms with Crippen LogP contribution in [0.2, 0.25) is 0 Å². The van der Waals surface area contributed by atoms with Crippen molar-refractivity contribution in [1.82, 2.24) is 4.57 Å². The van der Waals surface area contributed by atoms with Crippen LogP contribution in [0.3, 0.4) is 0 Å². The molecule has 0 atom stereocenters. The normalized spacial score (nSPS) is 15.1. The Morgan fingerprint density at radius 1 is 0.544 bits per heavy atom. The molecule has 0 bridgehead atoms. The van der Waals surface area contributed by atoms with Crippen LogP contribution in [0.1, 0.15) is 59.2 Å². The van der Waals surface area contributed by atoms with Crippen molar-refractivity contribution in [3.8, 4) is 33.4 Å². The van der Waals surface area contributed by atoms with E-state index in [0.717, 1.165) is 63.3 Å². The Balaban J connectivity index is 1.26. The van der Waals surface area contributed by atoms with Gasteiger partial charge in [0.25, 0.3) is 0 Å². The largest absolute Gasteiger partial charge is 0.361 e. The predicted molar refractivity (Wildman–Crippen MR) is 293 cm³/mol. The van der Waals surface area contributed by atoms with Gasteiger partial charge in [-0.05, 0) is 167 Å². The van der Waals surface area contributed by atoms with E-state index in [0.29, 0.717) is 6.54 Å². The Kier molecular flexibility index (Phi) is 12.5. The Morgan fingerprint density at radius 3 is 1.90 bits per heavy atom. The van der Waals surface area contributed by atoms with Crippen molar-refractivity contribution < 1.29 is 0 Å². The topological polar surface area (TPSA) is 29.3 Å². The minimum Gasteiger partial charge on any atom is -0.361 e. The second-order valence-electron chi connectivity index (χ2n) is 18.1. The first-order valence-electron chi connectivity index (χ1n) is 24.0. The van der Waals surface area contributed by atoms with Gasteiger partial charge < -0.3 is 9.88 Å². The molecule has 0 amide bonds. The Hall–Kier alpha value is -8.01. The SMILES string of the molecule is CCCc1cc2c(cc1-c1ccccc1C)c1ccccc1n2C1=C/c2cc(C)c(-c3ccccc3C)cc2-c2ccccc2N/C=C/C(CN=C(/C=C(\C)c2ccccc2)c2ccccc2)=C\1. The van der Waals surface area contributed by atoms with Crippen molar-refractivity contribution in [1.29, 1.82) is 0 Å². The lowest BCUT2D eigenvalue weighted by Gasteiger charge is -2.18. The van der Waals surface area contributed by atoms with Gasteiger partial charge in [0.15, 0.2) is 0 Å². The molecule has 68 heavy (non-hydrogen) atoms. The van der Waals surface area contributed by atoms with Gasteiger partial charge in [0.2, 0.25) is 0 Å². The van der Waals surface area contributed by atoms with E-state index in [1.807, 2.05) is 0 Å². The minimum absolute atomic E-state index is 0.452. The smallest absolute Gasteiger partial charge is 0.0653 e. The van der Waals surface area contributed by atoms with Crippen LogP contribution in [0, 0.1) is 20.8 Å². The van der Waals surface area contributed by atoms with Gasteiger partial charge in [-0.2, -0.15) is 0 Å². The molecule has 0 fully saturated rings. The molecule has 0 saturated carbocycles. The number of hydrogen-bond acceptors (Lipinski definition) is 2. The highest BCUT2D eigenvalue weighted by Gasteiger charge is 2.20. The molecular weight excluding hydrogens is 823 g/mol. The lowest BCUT2D eigenvalue weighted by molar-refractivity contribution is 0.924. The van der Waals surface area contributed by atoms with E-state index >= 15 is 0 Å². The third-order valence-electron chi connectivity index (χ3n) is 13.4. The summed E-state index contributed by atoms with van der Waals surface area (Å²) >= 11 is 0. The van der Waals surface area contributed by atoms with Crippen molar-refractivity contribution >= 4 is 50.6 Å². The van der Waals surface area contributed by atoms with Crippen molar-refractivity contribution in [3.63, 3.8) is 0 Å². The van der Waals surface area contributed by atoms with Gasteiger partial charge >= 0.3 is 0 Å². The molecule has 0 unspecified atom stereocenters. The molecule has 1 N–H and O–H groups in total. The van der Waals surface area contributed by atoms with Crippen molar-refractivity contribution in [2.24, 2.45) is 4.99 Å². The fraction of sp³-hybridized carbons (Fsp3) is 0.123. The monoisotopic (exact) mass is 879 g/mol. The van der Waals surface area contributed by atoms with Crippen LogP contribution in [0.15, 0.2) is 217 Å². The van der Waals surface area contributed by atoms with Crippen LogP contribution >= 0.6 is 0 Å². The summed E-state index contributed by atoms with van der Waals surface area (Å²) in [6.45, 7) is 11.6. The highest BCUT2D eigenvalue weighted by atomic mass is 15.0. The maximum atomic E-state index is 5.48. The number of aliphatic imine (C=N–C) groups is 1. The lowest BCUT2D eigenvalue weighted by atomic mass is 9.88. The van der Waals surface area contributed by atoms with E-state index in [9.17, 15) is 0 Å². The molecule has 1 aliphatic heterocycles. The summed E-state index contributed by atoms with van der Waals surface area (Å²) in [5.74, 6) is 0. The molecule has 0 saturated heterocycles. The number of nitrogens with one attached hydrogen (secondary N) is 1. The average molecular weight is 880 g/mol. The van der Waals surface area contributed by atoms with Gasteiger partial charge in [-0.3, -0.25) is 4.99 Å². The molecule has 3 nitrogen and oxygen atoms in total. The molecule has 10 rings (SSSR count). The number of aromatic nitrogens is 1. The summed E-state index contributed by atoms with van der Waals surface area (Å²) in [4.78, 5) is 5.48. The molecule has 1 aromatic heterocycles. The number of anilines is 1. The van der Waals surface area contributed by atoms with Crippen LogP contribution in [0.25, 0.3) is 72.5 Å². The molecular formula is C65H57N3. The van der Waals surface area contributed by atoms with E-state index in [1.54, 1.807) is 0 Å². The fourth-order valence-electron chi connectivity index (χ4n) is 9.93. The van der Waals surface area contributed by atoms with E-state index in [4.69, 9.17) is 4.99 Å². The summed E-state index contributed by atoms with van der Waals surface area (Å²) in [5.41, 5.74) is 23.5. The van der Waals surface area contributed by atoms with E-state index < -0.39 is 0 Å². The number of aryl methyl sites for hydroxylation is 4. The van der Waals surface area contributed by atoms with E-state index in [1.165, 1.54) is 71.9 Å². The zero-order chi connectivity index (χ0) is 46.6. The number of benzene rings is 8. The highest BCUT2D eigenvalue weighted by molar-refractivity contribution is 6.14. The Bertz CT molecular complexity index is 3480. The highest BCUT2D eigenvalue weighted by Crippen LogP contribution is 2.42. The average Bonchev–Trinajstić information content (AvgIpc) is 3.67. The molecule has 9 aromatic rings. The van der Waals surface area contributed by atoms with Crippen molar-refractivity contribution in [3.05, 3.63) is 251 Å². The molecule has 0 radical (unpaired) electrons. The Morgan fingerprint density at radius 2 is 1.18 bits per heavy atom. The summed E-state index contributed by atoms with van der Waals surface area (Å²) in [5, 5.41) is 6.20. The van der Waals surface area contributed by atoms with Crippen LogP contribution in [0.5, 0.6) is 0 Å². The first-order chi connectivity index (χ1) is 33.3. The van der Waals surface area contributed by atoms with Crippen LogP contribution < -0.4 is 5.32 Å². The van der Waals surface area contributed by atoms with E-state index in [2.05, 4.69) is 257 Å². The summed E-state index contributed by atoms with van der Waals surface area (Å²) in [7, 11) is 0. The van der Waals surface area contributed by atoms with Gasteiger partial charge in [-0.1, -0.05) is 165 Å². The van der Waals surface area contributed by atoms with Crippen LogP contribution in [-0.4, -0.2) is 16.8 Å². The van der Waals surface area contributed by atoms with Gasteiger partial charge in [0, 0.05) is 33.9 Å². The molecule has 8 aromatic carbocycles. The number of allylic oxidation sites excluding steroid dienone is 4. The zero-order valence-electron chi connectivity index (χ0n) is 39.7. The standard InChI is InChI=1S/C65H57N3/c1-6-21-51-40-65-61(42-59(51)55-29-16-14-23-45(55)3)57-31-18-20-33-64(57)68(65)53-38-48(43-67-63(50-26-11-8-12-27-50)37-46(4)49-24-9-7-10-25-49)34-35-66-62-32-19-17-30-56(62)60-41-58(47(5)36-52(60)39-53)54-28-15-13-22-44(54)2/h7-20,22-42,66H,6,21,43H2,1-5H3/b35-34+,46-37+,48-38+,53-39+,67-63?. The first-order valence-corrected chi connectivity index (χ1v) is 24.0. The number of nitrogens with zero attached hydrogens (tertiary/aromatic N) is 2. The number of para-hydroxylation sites is 2. The zero-order valence-corrected chi connectivity index (χ0v) is 39.7. The number of rotatable bonds is 10. The lowest BCUT2D eigenvalue weighted by Crippen LogP contribution is -2.02. The quantitative estimate of drug-likeness (QED) is 0.136. The van der Waals surface area contributed by atoms with Crippen molar-refractivity contribution in [2.45, 2.75) is 47.5 Å². The predicted octanol–water partition coefficient (Wildman–Crippen LogP) is 17.1. The van der Waals surface area contributed by atoms with E-state index in [-0.39, 0.29) is 0 Å². The second kappa shape index (κ2) is 19.5. The third-order valence-corrected chi connectivity index (χ3v) is 13.4. The third kappa shape index (κ3) is 8.84. The maximum Gasteiger partial charge on any atom is 0.0653 e. The van der Waals surface area contributed by atoms with Gasteiger partial charge in [0.05, 0.1) is 23.3 Å². The van der Waals surface area contributed by atoms with Gasteiger partial charge in [-0.15, -0.1) is 0 Å². The fourth-order valence-corrected chi connectivity index (χ4v) is 9.93. The first kappa shape index (κ1) is 43.9. The summed E-state index contributed by atoms with van der Waals surface area (Å²) < 4.78 is 2.51. The molecule has 332 valence electrons. The van der Waals surface area contributed by atoms with Gasteiger partial charge in [0.1, 0.15) is 0 Å². The molecule has 1 aliphatic rings. The number of hydrogen-bond donors (Lipinski definition) is 1.